The summed E-state index contributed by atoms with van der Waals surface area (Å²) in [5.74, 6) is -2.53. The van der Waals surface area contributed by atoms with Crippen molar-refractivity contribution in [1.29, 1.82) is 0 Å². The molecule has 0 saturated heterocycles. The van der Waals surface area contributed by atoms with Gasteiger partial charge in [0.2, 0.25) is 5.91 Å². The number of rotatable bonds is 3. The van der Waals surface area contributed by atoms with Gasteiger partial charge in [0, 0.05) is 13.1 Å². The number of halogens is 3. The van der Waals surface area contributed by atoms with Gasteiger partial charge in [0.05, 0.1) is 16.9 Å². The van der Waals surface area contributed by atoms with E-state index in [2.05, 4.69) is 4.98 Å². The van der Waals surface area contributed by atoms with Gasteiger partial charge in [0.25, 0.3) is 0 Å². The first-order valence-electron chi connectivity index (χ1n) is 6.26. The number of nitrogens with zero attached hydrogens (tertiary/aromatic N) is 2. The molecular weight excluding hydrogens is 281 g/mol. The summed E-state index contributed by atoms with van der Waals surface area (Å²) >= 11 is 0. The van der Waals surface area contributed by atoms with Gasteiger partial charge in [-0.2, -0.15) is 0 Å². The van der Waals surface area contributed by atoms with Gasteiger partial charge in [0.15, 0.2) is 12.1 Å². The Labute approximate surface area is 120 Å². The molecule has 1 amide bonds. The molecule has 1 heterocycles. The van der Waals surface area contributed by atoms with Crippen LogP contribution in [0.4, 0.5) is 18.9 Å². The highest BCUT2D eigenvalue weighted by molar-refractivity contribution is 5.92. The van der Waals surface area contributed by atoms with E-state index in [0.717, 1.165) is 26.0 Å². The molecule has 0 aliphatic heterocycles. The number of pyridine rings is 1. The molecule has 110 valence electrons. The topological polar surface area (TPSA) is 33.2 Å². The molecule has 0 N–H and O–H groups in total. The van der Waals surface area contributed by atoms with Gasteiger partial charge in [-0.15, -0.1) is 0 Å². The minimum Gasteiger partial charge on any atom is -0.279 e. The van der Waals surface area contributed by atoms with Gasteiger partial charge in [-0.3, -0.25) is 14.7 Å². The Bertz CT molecular complexity index is 659. The molecule has 0 fully saturated rings. The second-order valence-corrected chi connectivity index (χ2v) is 4.43. The quantitative estimate of drug-likeness (QED) is 0.809. The fourth-order valence-electron chi connectivity index (χ4n) is 2.08. The third-order valence-electron chi connectivity index (χ3n) is 2.95. The summed E-state index contributed by atoms with van der Waals surface area (Å²) in [5.41, 5.74) is -0.635. The number of anilines is 1. The number of alkyl halides is 1. The van der Waals surface area contributed by atoms with E-state index in [-0.39, 0.29) is 16.9 Å². The predicted molar refractivity (Wildman–Crippen MR) is 73.3 cm³/mol. The lowest BCUT2D eigenvalue weighted by Gasteiger charge is -2.24. The van der Waals surface area contributed by atoms with Crippen LogP contribution in [0.2, 0.25) is 0 Å². The number of carbonyl (C=O) groups excluding carboxylic acids is 1. The molecule has 0 saturated carbocycles. The molecule has 6 heteroatoms. The van der Waals surface area contributed by atoms with E-state index in [4.69, 9.17) is 0 Å². The van der Waals surface area contributed by atoms with Crippen LogP contribution >= 0.6 is 0 Å². The zero-order chi connectivity index (χ0) is 15.6. The molecule has 2 aromatic rings. The van der Waals surface area contributed by atoms with Crippen LogP contribution < -0.4 is 4.90 Å². The van der Waals surface area contributed by atoms with Gasteiger partial charge in [-0.1, -0.05) is 6.07 Å². The number of amides is 1. The first-order chi connectivity index (χ1) is 9.93. The van der Waals surface area contributed by atoms with Crippen LogP contribution in [0.1, 0.15) is 13.8 Å². The third-order valence-corrected chi connectivity index (χ3v) is 2.95. The van der Waals surface area contributed by atoms with Crippen molar-refractivity contribution in [2.24, 2.45) is 0 Å². The summed E-state index contributed by atoms with van der Waals surface area (Å²) in [6, 6.07) is 6.64. The maximum Gasteiger partial charge on any atom is 0.226 e. The van der Waals surface area contributed by atoms with Crippen molar-refractivity contribution in [3.63, 3.8) is 0 Å². The van der Waals surface area contributed by atoms with Crippen LogP contribution in [0.5, 0.6) is 0 Å². The smallest absolute Gasteiger partial charge is 0.226 e. The van der Waals surface area contributed by atoms with E-state index in [1.807, 2.05) is 0 Å². The average molecular weight is 294 g/mol. The molecule has 1 aromatic heterocycles. The van der Waals surface area contributed by atoms with Crippen LogP contribution in [0.15, 0.2) is 36.5 Å². The Balaban J connectivity index is 2.64. The summed E-state index contributed by atoms with van der Waals surface area (Å²) < 4.78 is 42.0. The minimum atomic E-state index is -1.74. The molecule has 1 aromatic carbocycles. The molecule has 0 aliphatic carbocycles. The standard InChI is InChI=1S/C15H13F3N2O/c1-9(16)20(10(2)21)13-7-6-11(17)14(15(13)18)12-5-3-4-8-19-12/h3-9H,1-2H3. The summed E-state index contributed by atoms with van der Waals surface area (Å²) in [6.07, 6.45) is -0.347. The molecule has 2 rings (SSSR count). The number of aromatic nitrogens is 1. The monoisotopic (exact) mass is 294 g/mol. The molecule has 21 heavy (non-hydrogen) atoms. The highest BCUT2D eigenvalue weighted by Crippen LogP contribution is 2.32. The molecule has 0 bridgehead atoms. The van der Waals surface area contributed by atoms with Crippen LogP contribution in [0.25, 0.3) is 11.3 Å². The number of hydrogen-bond acceptors (Lipinski definition) is 2. The third kappa shape index (κ3) is 2.89. The molecule has 3 nitrogen and oxygen atoms in total. The highest BCUT2D eigenvalue weighted by Gasteiger charge is 2.25. The molecule has 0 aliphatic rings. The average Bonchev–Trinajstić information content (AvgIpc) is 2.42. The van der Waals surface area contributed by atoms with Gasteiger partial charge in [-0.25, -0.2) is 13.2 Å². The largest absolute Gasteiger partial charge is 0.279 e. The van der Waals surface area contributed by atoms with E-state index in [1.165, 1.54) is 12.3 Å². The van der Waals surface area contributed by atoms with Crippen molar-refractivity contribution < 1.29 is 18.0 Å². The van der Waals surface area contributed by atoms with E-state index >= 15 is 0 Å². The summed E-state index contributed by atoms with van der Waals surface area (Å²) in [4.78, 5) is 16.0. The van der Waals surface area contributed by atoms with Crippen LogP contribution in [-0.4, -0.2) is 17.2 Å². The maximum absolute atomic E-state index is 14.5. The molecule has 1 atom stereocenters. The summed E-state index contributed by atoms with van der Waals surface area (Å²) in [6.45, 7) is 2.21. The second-order valence-electron chi connectivity index (χ2n) is 4.43. The molecular formula is C15H13F3N2O. The SMILES string of the molecule is CC(=O)N(c1ccc(F)c(-c2ccccn2)c1F)C(C)F. The Hall–Kier alpha value is -2.37. The number of benzene rings is 1. The normalized spacial score (nSPS) is 12.0. The fraction of sp³-hybridized carbons (Fsp3) is 0.200. The Morgan fingerprint density at radius 1 is 1.24 bits per heavy atom. The van der Waals surface area contributed by atoms with Gasteiger partial charge in [0.1, 0.15) is 5.82 Å². The predicted octanol–water partition coefficient (Wildman–Crippen LogP) is 3.70. The van der Waals surface area contributed by atoms with Crippen molar-refractivity contribution in [2.45, 2.75) is 20.1 Å². The lowest BCUT2D eigenvalue weighted by Crippen LogP contribution is -2.35. The zero-order valence-corrected chi connectivity index (χ0v) is 11.5. The van der Waals surface area contributed by atoms with Crippen LogP contribution in [-0.2, 0) is 4.79 Å². The molecule has 0 spiro atoms. The van der Waals surface area contributed by atoms with Crippen molar-refractivity contribution >= 4 is 11.6 Å². The first-order valence-corrected chi connectivity index (χ1v) is 6.26. The Kier molecular flexibility index (Phi) is 4.26. The van der Waals surface area contributed by atoms with Crippen molar-refractivity contribution in [3.8, 4) is 11.3 Å². The van der Waals surface area contributed by atoms with Crippen molar-refractivity contribution in [2.75, 3.05) is 4.90 Å². The van der Waals surface area contributed by atoms with E-state index in [0.29, 0.717) is 4.90 Å². The van der Waals surface area contributed by atoms with Crippen LogP contribution in [0, 0.1) is 11.6 Å². The minimum absolute atomic E-state index is 0.0735. The lowest BCUT2D eigenvalue weighted by atomic mass is 10.1. The highest BCUT2D eigenvalue weighted by atomic mass is 19.1. The van der Waals surface area contributed by atoms with Crippen LogP contribution in [0.3, 0.4) is 0 Å². The van der Waals surface area contributed by atoms with Crippen molar-refractivity contribution in [1.82, 2.24) is 4.98 Å². The summed E-state index contributed by atoms with van der Waals surface area (Å²) in [5, 5.41) is 0. The second kappa shape index (κ2) is 5.95. The van der Waals surface area contributed by atoms with E-state index < -0.39 is 23.8 Å². The Morgan fingerprint density at radius 2 is 1.95 bits per heavy atom. The van der Waals surface area contributed by atoms with Crippen molar-refractivity contribution in [3.05, 3.63) is 48.2 Å². The summed E-state index contributed by atoms with van der Waals surface area (Å²) in [7, 11) is 0. The number of carbonyl (C=O) groups is 1. The van der Waals surface area contributed by atoms with Gasteiger partial charge in [-0.05, 0) is 31.2 Å². The van der Waals surface area contributed by atoms with Gasteiger partial charge < -0.3 is 0 Å². The van der Waals surface area contributed by atoms with E-state index in [9.17, 15) is 18.0 Å². The molecule has 0 radical (unpaired) electrons. The Morgan fingerprint density at radius 3 is 2.48 bits per heavy atom. The molecule has 1 unspecified atom stereocenters. The lowest BCUT2D eigenvalue weighted by molar-refractivity contribution is -0.117. The zero-order valence-electron chi connectivity index (χ0n) is 11.5. The number of hydrogen-bond donors (Lipinski definition) is 0. The van der Waals surface area contributed by atoms with E-state index in [1.54, 1.807) is 12.1 Å². The van der Waals surface area contributed by atoms with Gasteiger partial charge >= 0.3 is 0 Å². The maximum atomic E-state index is 14.5. The fourth-order valence-corrected chi connectivity index (χ4v) is 2.08. The first kappa shape index (κ1) is 15.0.